The van der Waals surface area contributed by atoms with E-state index in [1.54, 1.807) is 4.68 Å². The number of aryl methyl sites for hydroxylation is 2. The van der Waals surface area contributed by atoms with Crippen molar-refractivity contribution in [2.75, 3.05) is 5.73 Å². The topological polar surface area (TPSA) is 95.6 Å². The Morgan fingerprint density at radius 3 is 2.52 bits per heavy atom. The van der Waals surface area contributed by atoms with Gasteiger partial charge in [-0.05, 0) is 44.4 Å². The highest BCUT2D eigenvalue weighted by atomic mass is 15.4. The van der Waals surface area contributed by atoms with E-state index >= 15 is 0 Å². The second kappa shape index (κ2) is 5.31. The Balaban J connectivity index is 2.15. The minimum Gasteiger partial charge on any atom is -0.383 e. The number of anilines is 1. The van der Waals surface area contributed by atoms with Gasteiger partial charge in [0.25, 0.3) is 0 Å². The van der Waals surface area contributed by atoms with E-state index in [4.69, 9.17) is 11.5 Å². The average molecular weight is 310 g/mol. The molecule has 0 aliphatic rings. The number of hydrogen-bond acceptors (Lipinski definition) is 5. The molecule has 0 saturated heterocycles. The van der Waals surface area contributed by atoms with Gasteiger partial charge < -0.3 is 11.5 Å². The molecule has 0 radical (unpaired) electrons. The van der Waals surface area contributed by atoms with E-state index in [-0.39, 0.29) is 0 Å². The molecule has 3 rings (SSSR count). The van der Waals surface area contributed by atoms with Crippen molar-refractivity contribution in [3.8, 4) is 0 Å². The number of fused-ring (bicyclic) bond motifs is 1. The molecule has 6 heteroatoms. The summed E-state index contributed by atoms with van der Waals surface area (Å²) in [5.74, 6) is 0.435. The Kier molecular flexibility index (Phi) is 3.56. The van der Waals surface area contributed by atoms with Crippen LogP contribution in [0, 0.1) is 13.8 Å². The molecule has 6 nitrogen and oxygen atoms in total. The van der Waals surface area contributed by atoms with E-state index in [9.17, 15) is 0 Å². The fraction of sp³-hybridized carbons (Fsp3) is 0.353. The van der Waals surface area contributed by atoms with Crippen LogP contribution < -0.4 is 11.5 Å². The molecule has 0 spiro atoms. The number of hydrogen-bond donors (Lipinski definition) is 2. The van der Waals surface area contributed by atoms with Gasteiger partial charge in [-0.2, -0.15) is 5.10 Å². The van der Waals surface area contributed by atoms with Gasteiger partial charge in [-0.1, -0.05) is 18.2 Å². The zero-order chi connectivity index (χ0) is 16.8. The predicted octanol–water partition coefficient (Wildman–Crippen LogP) is 2.27. The van der Waals surface area contributed by atoms with Crippen LogP contribution in [-0.4, -0.2) is 19.7 Å². The second-order valence-electron chi connectivity index (χ2n) is 6.57. The molecule has 0 fully saturated rings. The summed E-state index contributed by atoms with van der Waals surface area (Å²) in [4.78, 5) is 8.44. The molecule has 2 heterocycles. The van der Waals surface area contributed by atoms with Crippen LogP contribution in [-0.2, 0) is 12.1 Å². The monoisotopic (exact) mass is 310 g/mol. The summed E-state index contributed by atoms with van der Waals surface area (Å²) in [7, 11) is 0. The van der Waals surface area contributed by atoms with Crippen molar-refractivity contribution in [3.05, 3.63) is 46.9 Å². The molecular formula is C17H22N6. The van der Waals surface area contributed by atoms with Crippen molar-refractivity contribution in [1.29, 1.82) is 0 Å². The zero-order valence-electron chi connectivity index (χ0n) is 14.0. The van der Waals surface area contributed by atoms with Crippen molar-refractivity contribution in [1.82, 2.24) is 19.7 Å². The average Bonchev–Trinajstić information content (AvgIpc) is 2.83. The summed E-state index contributed by atoms with van der Waals surface area (Å²) in [5, 5.41) is 5.46. The zero-order valence-corrected chi connectivity index (χ0v) is 14.0. The van der Waals surface area contributed by atoms with Gasteiger partial charge in [0.15, 0.2) is 5.65 Å². The van der Waals surface area contributed by atoms with Crippen LogP contribution in [0.25, 0.3) is 11.0 Å². The smallest absolute Gasteiger partial charge is 0.165 e. The molecule has 0 bridgehead atoms. The quantitative estimate of drug-likeness (QED) is 0.773. The highest BCUT2D eigenvalue weighted by molar-refractivity contribution is 5.88. The molecule has 1 aromatic carbocycles. The molecule has 4 N–H and O–H groups in total. The van der Waals surface area contributed by atoms with Crippen molar-refractivity contribution < 1.29 is 0 Å². The first kappa shape index (κ1) is 15.4. The maximum atomic E-state index is 6.22. The van der Waals surface area contributed by atoms with Gasteiger partial charge in [0.1, 0.15) is 17.8 Å². The lowest BCUT2D eigenvalue weighted by Crippen LogP contribution is -2.37. The lowest BCUT2D eigenvalue weighted by Gasteiger charge is -2.19. The SMILES string of the molecule is Cc1ccc(Cc2nn(C(C)(C)N)c3ncnc(N)c23)cc1C. The Hall–Kier alpha value is -2.47. The van der Waals surface area contributed by atoms with Crippen LogP contribution in [0.5, 0.6) is 0 Å². The van der Waals surface area contributed by atoms with Gasteiger partial charge in [0.05, 0.1) is 11.1 Å². The Morgan fingerprint density at radius 1 is 1.13 bits per heavy atom. The first-order valence-corrected chi connectivity index (χ1v) is 7.61. The lowest BCUT2D eigenvalue weighted by molar-refractivity contribution is 0.340. The normalized spacial score (nSPS) is 12.0. The van der Waals surface area contributed by atoms with Crippen molar-refractivity contribution >= 4 is 16.9 Å². The number of nitrogen functional groups attached to an aromatic ring is 1. The molecule has 120 valence electrons. The Bertz CT molecular complexity index is 873. The minimum atomic E-state index is -0.666. The second-order valence-corrected chi connectivity index (χ2v) is 6.57. The fourth-order valence-corrected chi connectivity index (χ4v) is 2.68. The third kappa shape index (κ3) is 2.77. The summed E-state index contributed by atoms with van der Waals surface area (Å²) >= 11 is 0. The van der Waals surface area contributed by atoms with E-state index in [1.807, 2.05) is 13.8 Å². The van der Waals surface area contributed by atoms with Gasteiger partial charge in [0.2, 0.25) is 0 Å². The number of rotatable bonds is 3. The van der Waals surface area contributed by atoms with Crippen LogP contribution in [0.15, 0.2) is 24.5 Å². The lowest BCUT2D eigenvalue weighted by atomic mass is 10.0. The molecule has 23 heavy (non-hydrogen) atoms. The van der Waals surface area contributed by atoms with E-state index in [0.717, 1.165) is 11.1 Å². The van der Waals surface area contributed by atoms with E-state index in [0.29, 0.717) is 17.9 Å². The summed E-state index contributed by atoms with van der Waals surface area (Å²) in [6.45, 7) is 7.98. The molecular weight excluding hydrogens is 288 g/mol. The molecule has 3 aromatic rings. The summed E-state index contributed by atoms with van der Waals surface area (Å²) in [6, 6.07) is 6.41. The first-order chi connectivity index (χ1) is 10.8. The van der Waals surface area contributed by atoms with Crippen molar-refractivity contribution in [2.24, 2.45) is 5.73 Å². The van der Waals surface area contributed by atoms with Crippen molar-refractivity contribution in [3.63, 3.8) is 0 Å². The van der Waals surface area contributed by atoms with Crippen molar-refractivity contribution in [2.45, 2.75) is 39.8 Å². The number of nitrogens with zero attached hydrogens (tertiary/aromatic N) is 4. The molecule has 2 aromatic heterocycles. The third-order valence-corrected chi connectivity index (χ3v) is 4.06. The van der Waals surface area contributed by atoms with E-state index in [1.165, 1.54) is 23.0 Å². The molecule has 0 aliphatic heterocycles. The van der Waals surface area contributed by atoms with Gasteiger partial charge in [-0.25, -0.2) is 14.6 Å². The third-order valence-electron chi connectivity index (χ3n) is 4.06. The van der Waals surface area contributed by atoms with E-state index in [2.05, 4.69) is 47.1 Å². The predicted molar refractivity (Wildman–Crippen MR) is 92.0 cm³/mol. The number of nitrogens with two attached hydrogens (primary N) is 2. The molecule has 0 saturated carbocycles. The van der Waals surface area contributed by atoms with Crippen LogP contribution in [0.4, 0.5) is 5.82 Å². The fourth-order valence-electron chi connectivity index (χ4n) is 2.68. The van der Waals surface area contributed by atoms with Gasteiger partial charge >= 0.3 is 0 Å². The summed E-state index contributed by atoms with van der Waals surface area (Å²) in [6.07, 6.45) is 2.11. The molecule has 0 aliphatic carbocycles. The van der Waals surface area contributed by atoms with Crippen LogP contribution in [0.3, 0.4) is 0 Å². The highest BCUT2D eigenvalue weighted by Crippen LogP contribution is 2.26. The van der Waals surface area contributed by atoms with Crippen LogP contribution in [0.1, 0.15) is 36.2 Å². The maximum Gasteiger partial charge on any atom is 0.165 e. The van der Waals surface area contributed by atoms with E-state index < -0.39 is 5.66 Å². The maximum absolute atomic E-state index is 6.22. The summed E-state index contributed by atoms with van der Waals surface area (Å²) in [5.41, 5.74) is 16.9. The summed E-state index contributed by atoms with van der Waals surface area (Å²) < 4.78 is 1.72. The van der Waals surface area contributed by atoms with Crippen LogP contribution >= 0.6 is 0 Å². The largest absolute Gasteiger partial charge is 0.383 e. The first-order valence-electron chi connectivity index (χ1n) is 7.61. The number of benzene rings is 1. The van der Waals surface area contributed by atoms with Crippen LogP contribution in [0.2, 0.25) is 0 Å². The Morgan fingerprint density at radius 2 is 1.87 bits per heavy atom. The van der Waals surface area contributed by atoms with Gasteiger partial charge in [-0.15, -0.1) is 0 Å². The minimum absolute atomic E-state index is 0.435. The highest BCUT2D eigenvalue weighted by Gasteiger charge is 2.23. The van der Waals surface area contributed by atoms with Gasteiger partial charge in [-0.3, -0.25) is 0 Å². The molecule has 0 amide bonds. The standard InChI is InChI=1S/C17H22N6/c1-10-5-6-12(7-11(10)2)8-13-14-15(18)20-9-21-16(14)23(22-13)17(3,4)19/h5-7,9H,8,19H2,1-4H3,(H2,18,20,21). The van der Waals surface area contributed by atoms with Gasteiger partial charge in [0, 0.05) is 6.42 Å². The molecule has 0 unspecified atom stereocenters. The number of aromatic nitrogens is 4. The molecule has 0 atom stereocenters. The Labute approximate surface area is 135 Å².